The van der Waals surface area contributed by atoms with Gasteiger partial charge in [-0.25, -0.2) is 0 Å². The molecule has 0 bridgehead atoms. The van der Waals surface area contributed by atoms with Gasteiger partial charge in [0.05, 0.1) is 16.7 Å². The molecule has 5 heteroatoms. The number of amides is 1. The van der Waals surface area contributed by atoms with Gasteiger partial charge in [0, 0.05) is 12.3 Å². The summed E-state index contributed by atoms with van der Waals surface area (Å²) in [5, 5.41) is 13.8. The highest BCUT2D eigenvalue weighted by Gasteiger charge is 2.51. The topological polar surface area (TPSA) is 56.1 Å². The molecule has 1 aliphatic rings. The largest absolute Gasteiger partial charge is 0.318 e. The molecule has 2 aromatic rings. The highest BCUT2D eigenvalue weighted by Crippen LogP contribution is 2.46. The van der Waals surface area contributed by atoms with Crippen LogP contribution in [0.25, 0.3) is 0 Å². The van der Waals surface area contributed by atoms with E-state index in [4.69, 9.17) is 0 Å². The number of nitrogens with one attached hydrogen (secondary N) is 1. The fourth-order valence-corrected chi connectivity index (χ4v) is 4.76. The Kier molecular flexibility index (Phi) is 6.56. The summed E-state index contributed by atoms with van der Waals surface area (Å²) in [5.74, 6) is 0.661. The molecule has 0 radical (unpaired) electrons. The average molecular weight is 392 g/mol. The fourth-order valence-electron chi connectivity index (χ4n) is 3.70. The Balaban J connectivity index is 2.05. The molecule has 0 saturated heterocycles. The number of nitrogens with zero attached hydrogens (tertiary/aromatic N) is 2. The molecule has 0 unspecified atom stereocenters. The molecule has 3 rings (SSSR count). The first-order valence-corrected chi connectivity index (χ1v) is 10.6. The van der Waals surface area contributed by atoms with Crippen molar-refractivity contribution in [2.24, 2.45) is 0 Å². The van der Waals surface area contributed by atoms with Gasteiger partial charge in [0.25, 0.3) is 0 Å². The summed E-state index contributed by atoms with van der Waals surface area (Å²) in [5.41, 5.74) is 1.01. The summed E-state index contributed by atoms with van der Waals surface area (Å²) in [6.45, 7) is 7.18. The number of hydrogen-bond acceptors (Lipinski definition) is 4. The van der Waals surface area contributed by atoms with E-state index in [1.807, 2.05) is 60.7 Å². The van der Waals surface area contributed by atoms with Crippen molar-refractivity contribution in [3.05, 3.63) is 82.4 Å². The van der Waals surface area contributed by atoms with E-state index < -0.39 is 5.41 Å². The summed E-state index contributed by atoms with van der Waals surface area (Å²) in [6, 6.07) is 21.5. The quantitative estimate of drug-likeness (QED) is 0.741. The molecule has 0 spiro atoms. The van der Waals surface area contributed by atoms with Gasteiger partial charge >= 0.3 is 0 Å². The third-order valence-electron chi connectivity index (χ3n) is 5.24. The van der Waals surface area contributed by atoms with Crippen molar-refractivity contribution in [1.82, 2.24) is 10.2 Å². The summed E-state index contributed by atoms with van der Waals surface area (Å²) < 4.78 is 0. The molecule has 0 aromatic heterocycles. The number of hydrogen-bond donors (Lipinski definition) is 1. The highest BCUT2D eigenvalue weighted by atomic mass is 32.2. The van der Waals surface area contributed by atoms with E-state index in [2.05, 4.69) is 30.1 Å². The maximum absolute atomic E-state index is 13.4. The molecule has 4 nitrogen and oxygen atoms in total. The lowest BCUT2D eigenvalue weighted by atomic mass is 9.70. The molecule has 28 heavy (non-hydrogen) atoms. The first kappa shape index (κ1) is 20.2. The van der Waals surface area contributed by atoms with Crippen LogP contribution in [0.15, 0.2) is 71.3 Å². The van der Waals surface area contributed by atoms with E-state index in [-0.39, 0.29) is 5.91 Å². The maximum atomic E-state index is 13.4. The minimum Gasteiger partial charge on any atom is -0.318 e. The van der Waals surface area contributed by atoms with Crippen molar-refractivity contribution in [2.45, 2.75) is 19.3 Å². The predicted octanol–water partition coefficient (Wildman–Crippen LogP) is 3.91. The molecule has 1 aliphatic heterocycles. The average Bonchev–Trinajstić information content (AvgIpc) is 3.04. The summed E-state index contributed by atoms with van der Waals surface area (Å²) in [7, 11) is 0. The lowest BCUT2D eigenvalue weighted by molar-refractivity contribution is -0.122. The van der Waals surface area contributed by atoms with Crippen LogP contribution in [0.2, 0.25) is 0 Å². The third kappa shape index (κ3) is 3.58. The Morgan fingerprint density at radius 1 is 1.00 bits per heavy atom. The van der Waals surface area contributed by atoms with E-state index in [1.165, 1.54) is 0 Å². The van der Waals surface area contributed by atoms with Gasteiger partial charge in [0.1, 0.15) is 5.41 Å². The summed E-state index contributed by atoms with van der Waals surface area (Å²) in [4.78, 5) is 15.7. The Labute approximate surface area is 171 Å². The summed E-state index contributed by atoms with van der Waals surface area (Å²) >= 11 is 1.55. The molecule has 1 amide bonds. The van der Waals surface area contributed by atoms with Crippen LogP contribution in [0.3, 0.4) is 0 Å². The highest BCUT2D eigenvalue weighted by molar-refractivity contribution is 8.03. The minimum absolute atomic E-state index is 0.160. The molecule has 0 fully saturated rings. The monoisotopic (exact) mass is 391 g/mol. The van der Waals surface area contributed by atoms with Gasteiger partial charge in [0.15, 0.2) is 0 Å². The zero-order chi connectivity index (χ0) is 20.0. The number of carbonyl (C=O) groups is 1. The van der Waals surface area contributed by atoms with E-state index in [0.29, 0.717) is 10.6 Å². The fraction of sp³-hybridized carbons (Fsp3) is 0.304. The van der Waals surface area contributed by atoms with Crippen LogP contribution in [-0.4, -0.2) is 36.2 Å². The SMILES string of the molecule is CCN(CC)CCSC1=C(C#N)C(c2ccccc2)(c2ccccc2)C(=O)N1. The molecular formula is C23H25N3OS. The Morgan fingerprint density at radius 2 is 1.54 bits per heavy atom. The van der Waals surface area contributed by atoms with Crippen LogP contribution < -0.4 is 5.32 Å². The smallest absolute Gasteiger partial charge is 0.245 e. The number of nitriles is 1. The number of carbonyl (C=O) groups excluding carboxylic acids is 1. The first-order valence-electron chi connectivity index (χ1n) is 9.60. The van der Waals surface area contributed by atoms with E-state index in [9.17, 15) is 10.1 Å². The minimum atomic E-state index is -1.10. The van der Waals surface area contributed by atoms with Crippen molar-refractivity contribution in [1.29, 1.82) is 5.26 Å². The van der Waals surface area contributed by atoms with Crippen LogP contribution in [0.5, 0.6) is 0 Å². The molecular weight excluding hydrogens is 366 g/mol. The first-order chi connectivity index (χ1) is 13.7. The van der Waals surface area contributed by atoms with Gasteiger partial charge in [-0.15, -0.1) is 11.8 Å². The third-order valence-corrected chi connectivity index (χ3v) is 6.23. The van der Waals surface area contributed by atoms with E-state index in [1.54, 1.807) is 11.8 Å². The Bertz CT molecular complexity index is 844. The second-order valence-electron chi connectivity index (χ2n) is 6.63. The van der Waals surface area contributed by atoms with Crippen LogP contribution in [-0.2, 0) is 10.2 Å². The Hall–Kier alpha value is -2.55. The second-order valence-corrected chi connectivity index (χ2v) is 7.73. The Morgan fingerprint density at radius 3 is 2.00 bits per heavy atom. The summed E-state index contributed by atoms with van der Waals surface area (Å²) in [6.07, 6.45) is 0. The molecule has 1 N–H and O–H groups in total. The maximum Gasteiger partial charge on any atom is 0.245 e. The van der Waals surface area contributed by atoms with Crippen molar-refractivity contribution >= 4 is 17.7 Å². The second kappa shape index (κ2) is 9.09. The van der Waals surface area contributed by atoms with E-state index in [0.717, 1.165) is 36.5 Å². The van der Waals surface area contributed by atoms with Crippen LogP contribution in [0.1, 0.15) is 25.0 Å². The molecule has 1 heterocycles. The number of benzene rings is 2. The molecule has 0 saturated carbocycles. The normalized spacial score (nSPS) is 15.6. The zero-order valence-corrected chi connectivity index (χ0v) is 17.1. The molecule has 0 atom stereocenters. The molecule has 2 aromatic carbocycles. The van der Waals surface area contributed by atoms with Crippen LogP contribution in [0, 0.1) is 11.3 Å². The van der Waals surface area contributed by atoms with Gasteiger partial charge in [-0.2, -0.15) is 5.26 Å². The van der Waals surface area contributed by atoms with Crippen molar-refractivity contribution < 1.29 is 4.79 Å². The molecule has 0 aliphatic carbocycles. The lowest BCUT2D eigenvalue weighted by Gasteiger charge is -2.28. The number of thioether (sulfide) groups is 1. The van der Waals surface area contributed by atoms with Crippen molar-refractivity contribution in [3.8, 4) is 6.07 Å². The van der Waals surface area contributed by atoms with Gasteiger partial charge in [0.2, 0.25) is 5.91 Å². The standard InChI is InChI=1S/C23H25N3OS/c1-3-26(4-2)15-16-28-21-20(17-24)23(22(27)25-21,18-11-7-5-8-12-18)19-13-9-6-10-14-19/h5-14H,3-4,15-16H2,1-2H3,(H,25,27). The van der Waals surface area contributed by atoms with E-state index >= 15 is 0 Å². The van der Waals surface area contributed by atoms with Gasteiger partial charge in [-0.05, 0) is 24.2 Å². The number of rotatable bonds is 8. The predicted molar refractivity (Wildman–Crippen MR) is 115 cm³/mol. The van der Waals surface area contributed by atoms with Crippen LogP contribution >= 0.6 is 11.8 Å². The van der Waals surface area contributed by atoms with Crippen molar-refractivity contribution in [2.75, 3.05) is 25.4 Å². The lowest BCUT2D eigenvalue weighted by Crippen LogP contribution is -2.39. The van der Waals surface area contributed by atoms with Crippen molar-refractivity contribution in [3.63, 3.8) is 0 Å². The zero-order valence-electron chi connectivity index (χ0n) is 16.3. The van der Waals surface area contributed by atoms with Gasteiger partial charge in [-0.1, -0.05) is 74.5 Å². The molecule has 144 valence electrons. The van der Waals surface area contributed by atoms with Gasteiger partial charge in [-0.3, -0.25) is 4.79 Å². The van der Waals surface area contributed by atoms with Gasteiger partial charge < -0.3 is 10.2 Å². The van der Waals surface area contributed by atoms with Crippen LogP contribution in [0.4, 0.5) is 0 Å².